The number of hydrogen-bond acceptors (Lipinski definition) is 5. The Morgan fingerprint density at radius 3 is 2.07 bits per heavy atom. The summed E-state index contributed by atoms with van der Waals surface area (Å²) < 4.78 is 58.7. The Morgan fingerprint density at radius 2 is 1.55 bits per heavy atom. The maximum Gasteiger partial charge on any atom is 0.243 e. The number of methoxy groups -OCH3 is 1. The van der Waals surface area contributed by atoms with Crippen molar-refractivity contribution in [3.63, 3.8) is 0 Å². The average Bonchev–Trinajstić information content (AvgIpc) is 2.69. The van der Waals surface area contributed by atoms with Gasteiger partial charge in [-0.25, -0.2) is 21.6 Å². The van der Waals surface area contributed by atoms with Crippen LogP contribution in [0, 0.1) is 0 Å². The summed E-state index contributed by atoms with van der Waals surface area (Å²) in [6.07, 6.45) is 0.411. The zero-order chi connectivity index (χ0) is 21.7. The van der Waals surface area contributed by atoms with Crippen LogP contribution in [0.25, 0.3) is 0 Å². The van der Waals surface area contributed by atoms with E-state index in [2.05, 4.69) is 4.72 Å². The molecule has 0 atom stereocenters. The third-order valence-corrected chi connectivity index (χ3v) is 8.22. The first kappa shape index (κ1) is 23.6. The van der Waals surface area contributed by atoms with Crippen molar-refractivity contribution < 1.29 is 21.6 Å². The number of nitrogens with one attached hydrogen (secondary N) is 1. The molecule has 7 nitrogen and oxygen atoms in total. The average molecular weight is 461 g/mol. The van der Waals surface area contributed by atoms with Crippen molar-refractivity contribution in [2.45, 2.75) is 30.1 Å². The Morgan fingerprint density at radius 1 is 0.966 bits per heavy atom. The van der Waals surface area contributed by atoms with Gasteiger partial charge in [0.25, 0.3) is 0 Å². The maximum atomic E-state index is 12.5. The van der Waals surface area contributed by atoms with E-state index in [1.807, 2.05) is 0 Å². The molecule has 0 unspecified atom stereocenters. The highest BCUT2D eigenvalue weighted by atomic mass is 35.5. The molecule has 0 aliphatic heterocycles. The fourth-order valence-corrected chi connectivity index (χ4v) is 5.61. The Hall–Kier alpha value is -1.65. The lowest BCUT2D eigenvalue weighted by Gasteiger charge is -2.18. The first-order valence-corrected chi connectivity index (χ1v) is 12.4. The third kappa shape index (κ3) is 5.70. The Labute approximate surface area is 177 Å². The van der Waals surface area contributed by atoms with Crippen molar-refractivity contribution in [1.82, 2.24) is 9.03 Å². The predicted octanol–water partition coefficient (Wildman–Crippen LogP) is 2.90. The Kier molecular flexibility index (Phi) is 8.07. The van der Waals surface area contributed by atoms with Gasteiger partial charge in [-0.1, -0.05) is 37.6 Å². The summed E-state index contributed by atoms with van der Waals surface area (Å²) in [6, 6.07) is 10.7. The van der Waals surface area contributed by atoms with E-state index in [1.165, 1.54) is 29.6 Å². The van der Waals surface area contributed by atoms with Gasteiger partial charge in [-0.05, 0) is 42.3 Å². The standard InChI is InChI=1S/C19H25ClN2O5S2/c1-4-22(5-2)29(25,26)16-8-6-15(7-9-16)12-13-21-28(23,24)17-10-11-19(27-3)18(20)14-17/h6-11,14,21H,4-5,12-13H2,1-3H3. The largest absolute Gasteiger partial charge is 0.495 e. The number of sulfonamides is 2. The molecule has 0 amide bonds. The molecule has 2 aromatic rings. The van der Waals surface area contributed by atoms with Crippen molar-refractivity contribution in [3.8, 4) is 5.75 Å². The topological polar surface area (TPSA) is 92.8 Å². The van der Waals surface area contributed by atoms with E-state index in [0.29, 0.717) is 25.3 Å². The van der Waals surface area contributed by atoms with Gasteiger partial charge in [-0.15, -0.1) is 0 Å². The summed E-state index contributed by atoms with van der Waals surface area (Å²) in [4.78, 5) is 0.266. The van der Waals surface area contributed by atoms with Gasteiger partial charge < -0.3 is 4.74 Å². The molecule has 0 fully saturated rings. The van der Waals surface area contributed by atoms with Crippen LogP contribution >= 0.6 is 11.6 Å². The van der Waals surface area contributed by atoms with Crippen LogP contribution in [-0.2, 0) is 26.5 Å². The number of rotatable bonds is 10. The van der Waals surface area contributed by atoms with Crippen molar-refractivity contribution >= 4 is 31.6 Å². The minimum Gasteiger partial charge on any atom is -0.495 e. The predicted molar refractivity (Wildman–Crippen MR) is 113 cm³/mol. The normalized spacial score (nSPS) is 12.3. The summed E-state index contributed by atoms with van der Waals surface area (Å²) in [7, 11) is -5.78. The second-order valence-electron chi connectivity index (χ2n) is 6.18. The molecule has 0 aliphatic carbocycles. The van der Waals surface area contributed by atoms with Crippen molar-refractivity contribution in [2.24, 2.45) is 0 Å². The molecule has 0 saturated heterocycles. The van der Waals surface area contributed by atoms with Gasteiger partial charge in [-0.3, -0.25) is 0 Å². The molecule has 1 N–H and O–H groups in total. The fourth-order valence-electron chi connectivity index (χ4n) is 2.77. The SMILES string of the molecule is CCN(CC)S(=O)(=O)c1ccc(CCNS(=O)(=O)c2ccc(OC)c(Cl)c2)cc1. The number of ether oxygens (including phenoxy) is 1. The second kappa shape index (κ2) is 9.90. The van der Waals surface area contributed by atoms with Crippen molar-refractivity contribution in [3.05, 3.63) is 53.1 Å². The van der Waals surface area contributed by atoms with Crippen LogP contribution in [0.15, 0.2) is 52.3 Å². The highest BCUT2D eigenvalue weighted by Crippen LogP contribution is 2.26. The second-order valence-corrected chi connectivity index (χ2v) is 10.3. The first-order chi connectivity index (χ1) is 13.7. The first-order valence-electron chi connectivity index (χ1n) is 9.08. The van der Waals surface area contributed by atoms with E-state index in [0.717, 1.165) is 5.56 Å². The van der Waals surface area contributed by atoms with Crippen LogP contribution in [-0.4, -0.2) is 47.9 Å². The lowest BCUT2D eigenvalue weighted by Crippen LogP contribution is -2.30. The van der Waals surface area contributed by atoms with Gasteiger partial charge in [0.05, 0.1) is 21.9 Å². The zero-order valence-electron chi connectivity index (χ0n) is 16.6. The smallest absolute Gasteiger partial charge is 0.243 e. The van der Waals surface area contributed by atoms with Crippen molar-refractivity contribution in [2.75, 3.05) is 26.7 Å². The van der Waals surface area contributed by atoms with Crippen LogP contribution in [0.1, 0.15) is 19.4 Å². The molecule has 0 heterocycles. The quantitative estimate of drug-likeness (QED) is 0.588. The van der Waals surface area contributed by atoms with Gasteiger partial charge in [-0.2, -0.15) is 4.31 Å². The van der Waals surface area contributed by atoms with E-state index in [4.69, 9.17) is 16.3 Å². The van der Waals surface area contributed by atoms with Crippen LogP contribution in [0.4, 0.5) is 0 Å². The van der Waals surface area contributed by atoms with E-state index >= 15 is 0 Å². The molecule has 2 aromatic carbocycles. The lowest BCUT2D eigenvalue weighted by atomic mass is 10.2. The zero-order valence-corrected chi connectivity index (χ0v) is 18.9. The molecule has 0 bridgehead atoms. The Bertz CT molecular complexity index is 1030. The lowest BCUT2D eigenvalue weighted by molar-refractivity contribution is 0.414. The van der Waals surface area contributed by atoms with E-state index in [9.17, 15) is 16.8 Å². The number of nitrogens with zero attached hydrogens (tertiary/aromatic N) is 1. The summed E-state index contributed by atoms with van der Waals surface area (Å²) in [5, 5.41) is 0.209. The van der Waals surface area contributed by atoms with Crippen LogP contribution < -0.4 is 9.46 Å². The summed E-state index contributed by atoms with van der Waals surface area (Å²) in [5.41, 5.74) is 0.818. The molecule has 2 rings (SSSR count). The van der Waals surface area contributed by atoms with Crippen molar-refractivity contribution in [1.29, 1.82) is 0 Å². The van der Waals surface area contributed by atoms with Crippen LogP contribution in [0.5, 0.6) is 5.75 Å². The molecule has 0 aromatic heterocycles. The number of hydrogen-bond donors (Lipinski definition) is 1. The fraction of sp³-hybridized carbons (Fsp3) is 0.368. The number of benzene rings is 2. The molecule has 0 saturated carbocycles. The molecular weight excluding hydrogens is 436 g/mol. The molecular formula is C19H25ClN2O5S2. The van der Waals surface area contributed by atoms with E-state index in [1.54, 1.807) is 38.1 Å². The van der Waals surface area contributed by atoms with Gasteiger partial charge in [0.1, 0.15) is 5.75 Å². The monoisotopic (exact) mass is 460 g/mol. The summed E-state index contributed by atoms with van der Waals surface area (Å²) in [5.74, 6) is 0.394. The summed E-state index contributed by atoms with van der Waals surface area (Å²) in [6.45, 7) is 4.54. The van der Waals surface area contributed by atoms with Gasteiger partial charge >= 0.3 is 0 Å². The Balaban J connectivity index is 2.03. The minimum atomic E-state index is -3.72. The van der Waals surface area contributed by atoms with Gasteiger partial charge in [0.2, 0.25) is 20.0 Å². The molecule has 0 radical (unpaired) electrons. The molecule has 10 heteroatoms. The number of halogens is 1. The third-order valence-electron chi connectivity index (χ3n) is 4.41. The van der Waals surface area contributed by atoms with E-state index in [-0.39, 0.29) is 21.4 Å². The highest BCUT2D eigenvalue weighted by Gasteiger charge is 2.21. The molecule has 29 heavy (non-hydrogen) atoms. The highest BCUT2D eigenvalue weighted by molar-refractivity contribution is 7.89. The van der Waals surface area contributed by atoms with Gasteiger partial charge in [0.15, 0.2) is 0 Å². The minimum absolute atomic E-state index is 0.0453. The van der Waals surface area contributed by atoms with E-state index < -0.39 is 20.0 Å². The van der Waals surface area contributed by atoms with Crippen LogP contribution in [0.2, 0.25) is 5.02 Å². The molecule has 0 aliphatic rings. The van der Waals surface area contributed by atoms with Gasteiger partial charge in [0, 0.05) is 19.6 Å². The molecule has 0 spiro atoms. The molecule has 160 valence electrons. The maximum absolute atomic E-state index is 12.5. The van der Waals surface area contributed by atoms with Crippen LogP contribution in [0.3, 0.4) is 0 Å². The summed E-state index contributed by atoms with van der Waals surface area (Å²) >= 11 is 5.99.